The molecule has 0 amide bonds. The summed E-state index contributed by atoms with van der Waals surface area (Å²) in [6.45, 7) is 4.42. The molecular formula is C6H12N4O. The predicted octanol–water partition coefficient (Wildman–Crippen LogP) is -0.819. The van der Waals surface area contributed by atoms with E-state index in [0.29, 0.717) is 6.54 Å². The molecule has 5 heteroatoms. The molecule has 1 aromatic rings. The lowest BCUT2D eigenvalue weighted by Crippen LogP contribution is -2.24. The van der Waals surface area contributed by atoms with Gasteiger partial charge in [-0.3, -0.25) is 4.57 Å². The molecule has 0 spiro atoms. The molecule has 1 aromatic heterocycles. The molecule has 0 fully saturated rings. The number of hydrogen-bond acceptors (Lipinski definition) is 3. The number of H-pyrrole nitrogens is 1. The van der Waals surface area contributed by atoms with Gasteiger partial charge in [0, 0.05) is 13.1 Å². The zero-order chi connectivity index (χ0) is 8.10. The third-order valence-corrected chi connectivity index (χ3v) is 1.40. The van der Waals surface area contributed by atoms with Crippen molar-refractivity contribution < 1.29 is 0 Å². The first-order valence-corrected chi connectivity index (χ1v) is 3.65. The van der Waals surface area contributed by atoms with E-state index in [1.54, 1.807) is 0 Å². The third kappa shape index (κ3) is 2.19. The molecule has 1 heterocycles. The van der Waals surface area contributed by atoms with Gasteiger partial charge in [-0.2, -0.15) is 5.10 Å². The molecule has 5 nitrogen and oxygen atoms in total. The van der Waals surface area contributed by atoms with Crippen LogP contribution in [0, 0.1) is 0 Å². The van der Waals surface area contributed by atoms with E-state index >= 15 is 0 Å². The molecule has 0 aliphatic carbocycles. The Hall–Kier alpha value is -1.10. The summed E-state index contributed by atoms with van der Waals surface area (Å²) in [5.41, 5.74) is -0.150. The van der Waals surface area contributed by atoms with Gasteiger partial charge in [-0.1, -0.05) is 6.92 Å². The van der Waals surface area contributed by atoms with Crippen LogP contribution in [0.3, 0.4) is 0 Å². The fraction of sp³-hybridized carbons (Fsp3) is 0.667. The molecule has 62 valence electrons. The van der Waals surface area contributed by atoms with Crippen molar-refractivity contribution in [2.45, 2.75) is 13.5 Å². The minimum Gasteiger partial charge on any atom is -0.315 e. The molecule has 0 radical (unpaired) electrons. The lowest BCUT2D eigenvalue weighted by molar-refractivity contribution is 0.600. The maximum Gasteiger partial charge on any atom is 0.343 e. The number of nitrogens with one attached hydrogen (secondary N) is 2. The van der Waals surface area contributed by atoms with Crippen LogP contribution in [0.2, 0.25) is 0 Å². The summed E-state index contributed by atoms with van der Waals surface area (Å²) in [7, 11) is 0. The van der Waals surface area contributed by atoms with Gasteiger partial charge in [0.15, 0.2) is 0 Å². The Morgan fingerprint density at radius 1 is 1.82 bits per heavy atom. The van der Waals surface area contributed by atoms with Gasteiger partial charge in [0.1, 0.15) is 6.33 Å². The summed E-state index contributed by atoms with van der Waals surface area (Å²) < 4.78 is 1.53. The SMILES string of the molecule is CCNCCn1cn[nH]c1=O. The maximum atomic E-state index is 10.8. The Morgan fingerprint density at radius 3 is 3.18 bits per heavy atom. The summed E-state index contributed by atoms with van der Waals surface area (Å²) >= 11 is 0. The Bertz CT molecular complexity index is 251. The van der Waals surface area contributed by atoms with E-state index in [4.69, 9.17) is 0 Å². The first kappa shape index (κ1) is 8.00. The monoisotopic (exact) mass is 156 g/mol. The van der Waals surface area contributed by atoms with Crippen molar-refractivity contribution in [2.75, 3.05) is 13.1 Å². The van der Waals surface area contributed by atoms with E-state index in [1.807, 2.05) is 6.92 Å². The Balaban J connectivity index is 2.39. The first-order valence-electron chi connectivity index (χ1n) is 3.65. The summed E-state index contributed by atoms with van der Waals surface area (Å²) in [6, 6.07) is 0. The average molecular weight is 156 g/mol. The van der Waals surface area contributed by atoms with Crippen LogP contribution in [-0.4, -0.2) is 27.9 Å². The van der Waals surface area contributed by atoms with Crippen LogP contribution >= 0.6 is 0 Å². The van der Waals surface area contributed by atoms with Gasteiger partial charge in [0.25, 0.3) is 0 Å². The molecule has 0 bridgehead atoms. The summed E-state index contributed by atoms with van der Waals surface area (Å²) in [5.74, 6) is 0. The topological polar surface area (TPSA) is 62.7 Å². The van der Waals surface area contributed by atoms with Crippen molar-refractivity contribution >= 4 is 0 Å². The maximum absolute atomic E-state index is 10.8. The standard InChI is InChI=1S/C6H12N4O/c1-2-7-3-4-10-5-8-9-6(10)11/h5,7H,2-4H2,1H3,(H,9,11). The molecule has 0 unspecified atom stereocenters. The van der Waals surface area contributed by atoms with Gasteiger partial charge >= 0.3 is 5.69 Å². The van der Waals surface area contributed by atoms with Gasteiger partial charge < -0.3 is 5.32 Å². The number of aromatic amines is 1. The predicted molar refractivity (Wildman–Crippen MR) is 41.4 cm³/mol. The molecule has 0 atom stereocenters. The van der Waals surface area contributed by atoms with Crippen molar-refractivity contribution in [1.29, 1.82) is 0 Å². The quantitative estimate of drug-likeness (QED) is 0.560. The fourth-order valence-corrected chi connectivity index (χ4v) is 0.806. The second-order valence-electron chi connectivity index (χ2n) is 2.21. The molecule has 11 heavy (non-hydrogen) atoms. The van der Waals surface area contributed by atoms with Crippen LogP contribution in [-0.2, 0) is 6.54 Å². The van der Waals surface area contributed by atoms with Gasteiger partial charge in [0.2, 0.25) is 0 Å². The summed E-state index contributed by atoms with van der Waals surface area (Å²) in [4.78, 5) is 10.8. The second-order valence-corrected chi connectivity index (χ2v) is 2.21. The Kier molecular flexibility index (Phi) is 2.85. The van der Waals surface area contributed by atoms with E-state index < -0.39 is 0 Å². The molecule has 2 N–H and O–H groups in total. The number of aromatic nitrogens is 3. The van der Waals surface area contributed by atoms with Crippen molar-refractivity contribution in [1.82, 2.24) is 20.1 Å². The third-order valence-electron chi connectivity index (χ3n) is 1.40. The second kappa shape index (κ2) is 3.92. The number of likely N-dealkylation sites (N-methyl/N-ethyl adjacent to an activating group) is 1. The molecule has 0 saturated heterocycles. The summed E-state index contributed by atoms with van der Waals surface area (Å²) in [6.07, 6.45) is 1.50. The fourth-order valence-electron chi connectivity index (χ4n) is 0.806. The average Bonchev–Trinajstić information content (AvgIpc) is 2.37. The van der Waals surface area contributed by atoms with E-state index in [-0.39, 0.29) is 5.69 Å². The molecule has 1 rings (SSSR count). The summed E-state index contributed by atoms with van der Waals surface area (Å²) in [5, 5.41) is 9.04. The van der Waals surface area contributed by atoms with Crippen LogP contribution in [0.5, 0.6) is 0 Å². The zero-order valence-corrected chi connectivity index (χ0v) is 6.50. The Labute approximate surface area is 64.4 Å². The van der Waals surface area contributed by atoms with Crippen molar-refractivity contribution in [2.24, 2.45) is 0 Å². The van der Waals surface area contributed by atoms with Gasteiger partial charge in [-0.15, -0.1) is 0 Å². The van der Waals surface area contributed by atoms with Crippen molar-refractivity contribution in [3.8, 4) is 0 Å². The highest BCUT2D eigenvalue weighted by atomic mass is 16.1. The van der Waals surface area contributed by atoms with E-state index in [2.05, 4.69) is 15.5 Å². The minimum atomic E-state index is -0.150. The Morgan fingerprint density at radius 2 is 2.64 bits per heavy atom. The van der Waals surface area contributed by atoms with Crippen molar-refractivity contribution in [3.05, 3.63) is 16.8 Å². The lowest BCUT2D eigenvalue weighted by Gasteiger charge is -1.99. The molecule has 0 aromatic carbocycles. The van der Waals surface area contributed by atoms with E-state index in [1.165, 1.54) is 10.9 Å². The molecular weight excluding hydrogens is 144 g/mol. The van der Waals surface area contributed by atoms with Crippen LogP contribution in [0.25, 0.3) is 0 Å². The largest absolute Gasteiger partial charge is 0.343 e. The van der Waals surface area contributed by atoms with Crippen LogP contribution in [0.15, 0.2) is 11.1 Å². The van der Waals surface area contributed by atoms with Gasteiger partial charge in [0.05, 0.1) is 0 Å². The van der Waals surface area contributed by atoms with Gasteiger partial charge in [-0.05, 0) is 6.54 Å². The highest BCUT2D eigenvalue weighted by Gasteiger charge is 1.93. The zero-order valence-electron chi connectivity index (χ0n) is 6.50. The molecule has 0 saturated carbocycles. The van der Waals surface area contributed by atoms with Gasteiger partial charge in [-0.25, -0.2) is 9.89 Å². The highest BCUT2D eigenvalue weighted by molar-refractivity contribution is 4.63. The first-order chi connectivity index (χ1) is 5.34. The lowest BCUT2D eigenvalue weighted by atomic mass is 10.6. The number of hydrogen-bond donors (Lipinski definition) is 2. The van der Waals surface area contributed by atoms with Crippen LogP contribution in [0.4, 0.5) is 0 Å². The van der Waals surface area contributed by atoms with Crippen molar-refractivity contribution in [3.63, 3.8) is 0 Å². The number of rotatable bonds is 4. The number of nitrogens with zero attached hydrogens (tertiary/aromatic N) is 2. The van der Waals surface area contributed by atoms with E-state index in [0.717, 1.165) is 13.1 Å². The molecule has 0 aliphatic heterocycles. The van der Waals surface area contributed by atoms with E-state index in [9.17, 15) is 4.79 Å². The van der Waals surface area contributed by atoms with Crippen LogP contribution in [0.1, 0.15) is 6.92 Å². The van der Waals surface area contributed by atoms with Crippen LogP contribution < -0.4 is 11.0 Å². The normalized spacial score (nSPS) is 10.3. The molecule has 0 aliphatic rings. The smallest absolute Gasteiger partial charge is 0.315 e. The minimum absolute atomic E-state index is 0.150. The highest BCUT2D eigenvalue weighted by Crippen LogP contribution is 1.72.